The predicted octanol–water partition coefficient (Wildman–Crippen LogP) is 2.75. The summed E-state index contributed by atoms with van der Waals surface area (Å²) < 4.78 is 5.05. The van der Waals surface area contributed by atoms with Gasteiger partial charge in [-0.05, 0) is 39.2 Å². The number of carboxylic acids is 1. The molecule has 1 fully saturated rings. The Bertz CT molecular complexity index is 652. The summed E-state index contributed by atoms with van der Waals surface area (Å²) in [5.41, 5.74) is 0.630. The van der Waals surface area contributed by atoms with Gasteiger partial charge in [0.15, 0.2) is 0 Å². The summed E-state index contributed by atoms with van der Waals surface area (Å²) in [7, 11) is 1.49. The van der Waals surface area contributed by atoms with Crippen LogP contribution in [0.3, 0.4) is 0 Å². The average Bonchev–Trinajstić information content (AvgIpc) is 2.59. The third-order valence-corrected chi connectivity index (χ3v) is 4.41. The fourth-order valence-corrected chi connectivity index (χ4v) is 2.97. The number of nitrogens with zero attached hydrogens (tertiary/aromatic N) is 2. The third kappa shape index (κ3) is 3.93. The summed E-state index contributed by atoms with van der Waals surface area (Å²) in [5.74, 6) is -0.657. The molecular formula is C18H24N2O4. The Hall–Kier alpha value is -2.37. The molecule has 6 nitrogen and oxygen atoms in total. The van der Waals surface area contributed by atoms with E-state index in [0.29, 0.717) is 37.3 Å². The number of rotatable bonds is 5. The second-order valence-electron chi connectivity index (χ2n) is 6.49. The molecule has 1 aliphatic heterocycles. The maximum Gasteiger partial charge on any atom is 0.311 e. The van der Waals surface area contributed by atoms with Crippen LogP contribution in [0.25, 0.3) is 0 Å². The lowest BCUT2D eigenvalue weighted by atomic mass is 9.76. The molecule has 130 valence electrons. The van der Waals surface area contributed by atoms with Crippen LogP contribution in [0.2, 0.25) is 0 Å². The van der Waals surface area contributed by atoms with Gasteiger partial charge in [-0.1, -0.05) is 11.6 Å². The van der Waals surface area contributed by atoms with E-state index in [1.807, 2.05) is 19.9 Å². The number of aromatic nitrogens is 1. The molecule has 6 heteroatoms. The van der Waals surface area contributed by atoms with Crippen LogP contribution in [0.4, 0.5) is 0 Å². The smallest absolute Gasteiger partial charge is 0.311 e. The highest BCUT2D eigenvalue weighted by Crippen LogP contribution is 2.35. The molecule has 2 rings (SSSR count). The van der Waals surface area contributed by atoms with Crippen molar-refractivity contribution < 1.29 is 19.4 Å². The number of pyridine rings is 1. The molecule has 1 saturated heterocycles. The highest BCUT2D eigenvalue weighted by molar-refractivity contribution is 5.95. The number of likely N-dealkylation sites (tertiary alicyclic amines) is 1. The van der Waals surface area contributed by atoms with E-state index >= 15 is 0 Å². The molecule has 2 heterocycles. The van der Waals surface area contributed by atoms with E-state index in [9.17, 15) is 14.7 Å². The van der Waals surface area contributed by atoms with Gasteiger partial charge in [0.05, 0.1) is 12.5 Å². The van der Waals surface area contributed by atoms with Gasteiger partial charge in [-0.15, -0.1) is 0 Å². The summed E-state index contributed by atoms with van der Waals surface area (Å²) in [5, 5.41) is 9.76. The number of carbonyl (C=O) groups is 2. The van der Waals surface area contributed by atoms with E-state index in [4.69, 9.17) is 4.74 Å². The Kier molecular flexibility index (Phi) is 5.59. The highest BCUT2D eigenvalue weighted by Gasteiger charge is 2.42. The Labute approximate surface area is 142 Å². The lowest BCUT2D eigenvalue weighted by molar-refractivity contribution is -0.151. The molecule has 1 N–H and O–H groups in total. The number of allylic oxidation sites excluding steroid dienone is 2. The Morgan fingerprint density at radius 1 is 1.46 bits per heavy atom. The van der Waals surface area contributed by atoms with Crippen molar-refractivity contribution >= 4 is 11.9 Å². The fourth-order valence-electron chi connectivity index (χ4n) is 2.97. The van der Waals surface area contributed by atoms with Crippen molar-refractivity contribution in [3.8, 4) is 5.88 Å². The molecule has 1 aromatic rings. The van der Waals surface area contributed by atoms with Crippen LogP contribution in [-0.2, 0) is 4.79 Å². The minimum atomic E-state index is -0.914. The summed E-state index contributed by atoms with van der Waals surface area (Å²) in [6.07, 6.45) is 5.15. The first-order valence-corrected chi connectivity index (χ1v) is 8.04. The molecule has 0 unspecified atom stereocenters. The van der Waals surface area contributed by atoms with Gasteiger partial charge in [0.2, 0.25) is 5.88 Å². The topological polar surface area (TPSA) is 79.7 Å². The van der Waals surface area contributed by atoms with Gasteiger partial charge in [0.25, 0.3) is 5.91 Å². The SMILES string of the molecule is COc1cc(C(=O)N2CCC[C@](CC=C(C)C)(C(=O)O)C2)ccn1. The molecule has 1 aliphatic rings. The number of hydrogen-bond donors (Lipinski definition) is 1. The zero-order valence-electron chi connectivity index (χ0n) is 14.4. The minimum Gasteiger partial charge on any atom is -0.481 e. The van der Waals surface area contributed by atoms with Crippen molar-refractivity contribution in [3.05, 3.63) is 35.5 Å². The van der Waals surface area contributed by atoms with Gasteiger partial charge >= 0.3 is 5.97 Å². The number of methoxy groups -OCH3 is 1. The molecule has 0 spiro atoms. The molecule has 1 amide bonds. The molecule has 0 aromatic carbocycles. The average molecular weight is 332 g/mol. The van der Waals surface area contributed by atoms with Crippen molar-refractivity contribution in [2.75, 3.05) is 20.2 Å². The van der Waals surface area contributed by atoms with Crippen LogP contribution < -0.4 is 4.74 Å². The van der Waals surface area contributed by atoms with Gasteiger partial charge in [0.1, 0.15) is 0 Å². The monoisotopic (exact) mass is 332 g/mol. The quantitative estimate of drug-likeness (QED) is 0.839. The number of piperidine rings is 1. The molecular weight excluding hydrogens is 308 g/mol. The first-order valence-electron chi connectivity index (χ1n) is 8.04. The zero-order chi connectivity index (χ0) is 17.7. The number of carboxylic acid groups (broad SMARTS) is 1. The maximum absolute atomic E-state index is 12.8. The van der Waals surface area contributed by atoms with Gasteiger partial charge in [-0.25, -0.2) is 4.98 Å². The van der Waals surface area contributed by atoms with E-state index in [-0.39, 0.29) is 12.5 Å². The second-order valence-corrected chi connectivity index (χ2v) is 6.49. The largest absolute Gasteiger partial charge is 0.481 e. The maximum atomic E-state index is 12.8. The molecule has 1 aromatic heterocycles. The zero-order valence-corrected chi connectivity index (χ0v) is 14.4. The summed E-state index contributed by atoms with van der Waals surface area (Å²) in [4.78, 5) is 30.3. The van der Waals surface area contributed by atoms with Crippen LogP contribution in [0.5, 0.6) is 5.88 Å². The Balaban J connectivity index is 2.22. The Morgan fingerprint density at radius 3 is 2.83 bits per heavy atom. The minimum absolute atomic E-state index is 0.182. The first-order chi connectivity index (χ1) is 11.4. The van der Waals surface area contributed by atoms with Crippen molar-refractivity contribution in [2.45, 2.75) is 33.1 Å². The summed E-state index contributed by atoms with van der Waals surface area (Å²) >= 11 is 0. The van der Waals surface area contributed by atoms with Crippen LogP contribution in [0.1, 0.15) is 43.5 Å². The normalized spacial score (nSPS) is 20.4. The first kappa shape index (κ1) is 18.0. The van der Waals surface area contributed by atoms with Crippen molar-refractivity contribution in [1.29, 1.82) is 0 Å². The summed E-state index contributed by atoms with van der Waals surface area (Å²) in [6.45, 7) is 4.68. The summed E-state index contributed by atoms with van der Waals surface area (Å²) in [6, 6.07) is 3.20. The van der Waals surface area contributed by atoms with Gasteiger partial charge in [-0.3, -0.25) is 9.59 Å². The van der Waals surface area contributed by atoms with E-state index < -0.39 is 11.4 Å². The predicted molar refractivity (Wildman–Crippen MR) is 90.0 cm³/mol. The van der Waals surface area contributed by atoms with Crippen LogP contribution in [0, 0.1) is 5.41 Å². The number of hydrogen-bond acceptors (Lipinski definition) is 4. The van der Waals surface area contributed by atoms with Gasteiger partial charge in [0, 0.05) is 30.9 Å². The highest BCUT2D eigenvalue weighted by atomic mass is 16.5. The van der Waals surface area contributed by atoms with Crippen molar-refractivity contribution in [2.24, 2.45) is 5.41 Å². The number of ether oxygens (including phenoxy) is 1. The molecule has 0 aliphatic carbocycles. The molecule has 0 radical (unpaired) electrons. The third-order valence-electron chi connectivity index (χ3n) is 4.41. The standard InChI is InChI=1S/C18H24N2O4/c1-13(2)5-8-18(17(22)23)7-4-10-20(12-18)16(21)14-6-9-19-15(11-14)24-3/h5-6,9,11H,4,7-8,10,12H2,1-3H3,(H,22,23)/t18-/m1/s1. The van der Waals surface area contributed by atoms with Crippen LogP contribution in [-0.4, -0.2) is 47.1 Å². The number of carbonyl (C=O) groups excluding carboxylic acids is 1. The molecule has 0 bridgehead atoms. The van der Waals surface area contributed by atoms with Crippen LogP contribution in [0.15, 0.2) is 30.0 Å². The van der Waals surface area contributed by atoms with E-state index in [2.05, 4.69) is 4.98 Å². The van der Waals surface area contributed by atoms with E-state index in [1.54, 1.807) is 17.0 Å². The number of aliphatic carboxylic acids is 1. The van der Waals surface area contributed by atoms with Crippen molar-refractivity contribution in [1.82, 2.24) is 9.88 Å². The molecule has 0 saturated carbocycles. The van der Waals surface area contributed by atoms with E-state index in [0.717, 1.165) is 5.57 Å². The molecule has 1 atom stereocenters. The second kappa shape index (κ2) is 7.47. The number of amides is 1. The Morgan fingerprint density at radius 2 is 2.21 bits per heavy atom. The van der Waals surface area contributed by atoms with Crippen LogP contribution >= 0.6 is 0 Å². The van der Waals surface area contributed by atoms with E-state index in [1.165, 1.54) is 13.3 Å². The van der Waals surface area contributed by atoms with Crippen molar-refractivity contribution in [3.63, 3.8) is 0 Å². The van der Waals surface area contributed by atoms with Gasteiger partial charge in [-0.2, -0.15) is 0 Å². The fraction of sp³-hybridized carbons (Fsp3) is 0.500. The molecule has 24 heavy (non-hydrogen) atoms. The lowest BCUT2D eigenvalue weighted by Gasteiger charge is -2.39. The lowest BCUT2D eigenvalue weighted by Crippen LogP contribution is -2.49. The van der Waals surface area contributed by atoms with Gasteiger partial charge < -0.3 is 14.7 Å².